The van der Waals surface area contributed by atoms with Crippen molar-refractivity contribution in [3.05, 3.63) is 29.8 Å². The van der Waals surface area contributed by atoms with E-state index in [1.165, 1.54) is 0 Å². The summed E-state index contributed by atoms with van der Waals surface area (Å²) in [6.45, 7) is 0.401. The van der Waals surface area contributed by atoms with Gasteiger partial charge in [0, 0.05) is 13.0 Å². The summed E-state index contributed by atoms with van der Waals surface area (Å²) in [6.07, 6.45) is 2.15. The number of carboxylic acid groups (broad SMARTS) is 1. The van der Waals surface area contributed by atoms with Crippen LogP contribution < -0.4 is 10.1 Å². The number of ether oxygens (including phenoxy) is 1. The number of carboxylic acids is 1. The van der Waals surface area contributed by atoms with E-state index < -0.39 is 11.4 Å². The minimum Gasteiger partial charge on any atom is -0.497 e. The summed E-state index contributed by atoms with van der Waals surface area (Å²) in [5, 5.41) is 12.0. The van der Waals surface area contributed by atoms with Gasteiger partial charge in [0.15, 0.2) is 0 Å². The molecule has 0 bridgehead atoms. The van der Waals surface area contributed by atoms with E-state index in [1.807, 2.05) is 24.3 Å². The van der Waals surface area contributed by atoms with Crippen LogP contribution in [0.15, 0.2) is 24.3 Å². The fourth-order valence-corrected chi connectivity index (χ4v) is 2.38. The van der Waals surface area contributed by atoms with Crippen LogP contribution in [0.1, 0.15) is 31.2 Å². The Morgan fingerprint density at radius 2 is 1.95 bits per heavy atom. The summed E-state index contributed by atoms with van der Waals surface area (Å²) in [4.78, 5) is 23.0. The SMILES string of the molecule is COc1ccc(CNC(=O)CC2(C(=O)O)CCC2)cc1. The number of methoxy groups -OCH3 is 1. The first-order chi connectivity index (χ1) is 9.55. The van der Waals surface area contributed by atoms with E-state index in [0.717, 1.165) is 17.7 Å². The first-order valence-corrected chi connectivity index (χ1v) is 6.69. The van der Waals surface area contributed by atoms with Crippen molar-refractivity contribution < 1.29 is 19.4 Å². The first-order valence-electron chi connectivity index (χ1n) is 6.69. The molecule has 1 aliphatic rings. The molecule has 1 aromatic rings. The number of benzene rings is 1. The molecule has 0 aromatic heterocycles. The fraction of sp³-hybridized carbons (Fsp3) is 0.467. The maximum Gasteiger partial charge on any atom is 0.310 e. The molecule has 0 saturated heterocycles. The van der Waals surface area contributed by atoms with Crippen LogP contribution in [-0.4, -0.2) is 24.1 Å². The molecule has 0 radical (unpaired) electrons. The molecule has 1 saturated carbocycles. The highest BCUT2D eigenvalue weighted by Crippen LogP contribution is 2.44. The molecule has 0 heterocycles. The van der Waals surface area contributed by atoms with Gasteiger partial charge in [-0.3, -0.25) is 9.59 Å². The van der Waals surface area contributed by atoms with Gasteiger partial charge >= 0.3 is 5.97 Å². The Bertz CT molecular complexity index is 491. The largest absolute Gasteiger partial charge is 0.497 e. The van der Waals surface area contributed by atoms with Crippen molar-refractivity contribution in [3.63, 3.8) is 0 Å². The second-order valence-electron chi connectivity index (χ2n) is 5.24. The van der Waals surface area contributed by atoms with Gasteiger partial charge in [0.05, 0.1) is 12.5 Å². The molecule has 1 aromatic carbocycles. The lowest BCUT2D eigenvalue weighted by Gasteiger charge is -2.36. The van der Waals surface area contributed by atoms with Gasteiger partial charge < -0.3 is 15.2 Å². The number of rotatable bonds is 6. The molecule has 20 heavy (non-hydrogen) atoms. The molecule has 5 heteroatoms. The van der Waals surface area contributed by atoms with Gasteiger partial charge in [-0.2, -0.15) is 0 Å². The molecular formula is C15H19NO4. The topological polar surface area (TPSA) is 75.6 Å². The maximum atomic E-state index is 11.9. The van der Waals surface area contributed by atoms with Gasteiger partial charge in [-0.15, -0.1) is 0 Å². The molecule has 1 aliphatic carbocycles. The van der Waals surface area contributed by atoms with Crippen LogP contribution >= 0.6 is 0 Å². The summed E-state index contributed by atoms with van der Waals surface area (Å²) in [7, 11) is 1.60. The van der Waals surface area contributed by atoms with Gasteiger partial charge in [-0.25, -0.2) is 0 Å². The standard InChI is InChI=1S/C15H19NO4/c1-20-12-5-3-11(4-6-12)10-16-13(17)9-15(14(18)19)7-2-8-15/h3-6H,2,7-10H2,1H3,(H,16,17)(H,18,19). The summed E-state index contributed by atoms with van der Waals surface area (Å²) in [5.41, 5.74) is 0.126. The van der Waals surface area contributed by atoms with Crippen LogP contribution in [0.25, 0.3) is 0 Å². The Morgan fingerprint density at radius 1 is 1.30 bits per heavy atom. The molecule has 0 atom stereocenters. The van der Waals surface area contributed by atoms with E-state index in [0.29, 0.717) is 19.4 Å². The zero-order valence-electron chi connectivity index (χ0n) is 11.5. The number of carbonyl (C=O) groups excluding carboxylic acids is 1. The van der Waals surface area contributed by atoms with Crippen molar-refractivity contribution >= 4 is 11.9 Å². The molecule has 5 nitrogen and oxygen atoms in total. The molecule has 2 rings (SSSR count). The molecule has 108 valence electrons. The number of aliphatic carboxylic acids is 1. The highest BCUT2D eigenvalue weighted by atomic mass is 16.5. The van der Waals surface area contributed by atoms with E-state index >= 15 is 0 Å². The molecule has 1 amide bonds. The Hall–Kier alpha value is -2.04. The zero-order chi connectivity index (χ0) is 14.6. The van der Waals surface area contributed by atoms with Crippen molar-refractivity contribution in [2.45, 2.75) is 32.2 Å². The smallest absolute Gasteiger partial charge is 0.310 e. The number of hydrogen-bond acceptors (Lipinski definition) is 3. The molecule has 2 N–H and O–H groups in total. The van der Waals surface area contributed by atoms with E-state index in [1.54, 1.807) is 7.11 Å². The third-order valence-electron chi connectivity index (χ3n) is 3.91. The summed E-state index contributed by atoms with van der Waals surface area (Å²) < 4.78 is 5.06. The summed E-state index contributed by atoms with van der Waals surface area (Å²) in [6, 6.07) is 7.39. The fourth-order valence-electron chi connectivity index (χ4n) is 2.38. The quantitative estimate of drug-likeness (QED) is 0.833. The average Bonchev–Trinajstić information content (AvgIpc) is 2.40. The molecule has 0 aliphatic heterocycles. The lowest BCUT2D eigenvalue weighted by atomic mass is 9.66. The predicted molar refractivity (Wildman–Crippen MR) is 73.4 cm³/mol. The van der Waals surface area contributed by atoms with Gasteiger partial charge in [0.1, 0.15) is 5.75 Å². The second-order valence-corrected chi connectivity index (χ2v) is 5.24. The Balaban J connectivity index is 1.84. The minimum atomic E-state index is -0.858. The third kappa shape index (κ3) is 3.10. The number of carbonyl (C=O) groups is 2. The lowest BCUT2D eigenvalue weighted by Crippen LogP contribution is -2.42. The molecular weight excluding hydrogens is 258 g/mol. The Morgan fingerprint density at radius 3 is 2.40 bits per heavy atom. The lowest BCUT2D eigenvalue weighted by molar-refractivity contribution is -0.157. The monoisotopic (exact) mass is 277 g/mol. The molecule has 0 spiro atoms. The van der Waals surface area contributed by atoms with Crippen LogP contribution in [0.5, 0.6) is 5.75 Å². The van der Waals surface area contributed by atoms with E-state index in [-0.39, 0.29) is 12.3 Å². The van der Waals surface area contributed by atoms with Crippen molar-refractivity contribution in [1.82, 2.24) is 5.32 Å². The molecule has 0 unspecified atom stereocenters. The van der Waals surface area contributed by atoms with Crippen molar-refractivity contribution in [2.24, 2.45) is 5.41 Å². The average molecular weight is 277 g/mol. The minimum absolute atomic E-state index is 0.0679. The van der Waals surface area contributed by atoms with Crippen LogP contribution in [0, 0.1) is 5.41 Å². The summed E-state index contributed by atoms with van der Waals surface area (Å²) in [5.74, 6) is -0.300. The van der Waals surface area contributed by atoms with E-state index in [4.69, 9.17) is 4.74 Å². The highest BCUT2D eigenvalue weighted by molar-refractivity contribution is 5.85. The zero-order valence-corrected chi connectivity index (χ0v) is 11.5. The normalized spacial score (nSPS) is 16.1. The Kier molecular flexibility index (Phi) is 4.27. The molecule has 1 fully saturated rings. The van der Waals surface area contributed by atoms with Gasteiger partial charge in [-0.05, 0) is 30.5 Å². The maximum absolute atomic E-state index is 11.9. The first kappa shape index (κ1) is 14.4. The van der Waals surface area contributed by atoms with Crippen LogP contribution in [0.4, 0.5) is 0 Å². The Labute approximate surface area is 117 Å². The van der Waals surface area contributed by atoms with Crippen molar-refractivity contribution in [3.8, 4) is 5.75 Å². The van der Waals surface area contributed by atoms with Gasteiger partial charge in [-0.1, -0.05) is 18.6 Å². The van der Waals surface area contributed by atoms with Crippen molar-refractivity contribution in [1.29, 1.82) is 0 Å². The van der Waals surface area contributed by atoms with E-state index in [9.17, 15) is 14.7 Å². The van der Waals surface area contributed by atoms with Crippen LogP contribution in [0.3, 0.4) is 0 Å². The summed E-state index contributed by atoms with van der Waals surface area (Å²) >= 11 is 0. The number of nitrogens with one attached hydrogen (secondary N) is 1. The second kappa shape index (κ2) is 5.94. The number of hydrogen-bond donors (Lipinski definition) is 2. The van der Waals surface area contributed by atoms with Gasteiger partial charge in [0.2, 0.25) is 5.91 Å². The van der Waals surface area contributed by atoms with Crippen LogP contribution in [0.2, 0.25) is 0 Å². The highest BCUT2D eigenvalue weighted by Gasteiger charge is 2.45. The predicted octanol–water partition coefficient (Wildman–Crippen LogP) is 1.96. The van der Waals surface area contributed by atoms with Crippen LogP contribution in [-0.2, 0) is 16.1 Å². The number of amides is 1. The third-order valence-corrected chi connectivity index (χ3v) is 3.91. The van der Waals surface area contributed by atoms with E-state index in [2.05, 4.69) is 5.32 Å². The van der Waals surface area contributed by atoms with Crippen molar-refractivity contribution in [2.75, 3.05) is 7.11 Å². The van der Waals surface area contributed by atoms with Gasteiger partial charge in [0.25, 0.3) is 0 Å².